The van der Waals surface area contributed by atoms with Gasteiger partial charge in [0.25, 0.3) is 0 Å². The van der Waals surface area contributed by atoms with Crippen molar-refractivity contribution in [3.8, 4) is 0 Å². The second kappa shape index (κ2) is 6.23. The SMILES string of the molecule is CCS(=O)(=O)CCS(=O)(=O)c1cc(Br)ccc1C(=O)O. The van der Waals surface area contributed by atoms with E-state index in [-0.39, 0.29) is 16.2 Å². The molecule has 0 amide bonds. The lowest BCUT2D eigenvalue weighted by Crippen LogP contribution is -2.20. The Labute approximate surface area is 125 Å². The summed E-state index contributed by atoms with van der Waals surface area (Å²) in [6.07, 6.45) is 0. The zero-order valence-electron chi connectivity index (χ0n) is 10.5. The van der Waals surface area contributed by atoms with Crippen molar-refractivity contribution in [1.82, 2.24) is 0 Å². The molecule has 0 radical (unpaired) electrons. The summed E-state index contributed by atoms with van der Waals surface area (Å²) in [5.74, 6) is -2.71. The molecule has 6 nitrogen and oxygen atoms in total. The summed E-state index contributed by atoms with van der Waals surface area (Å²) in [6.45, 7) is 1.42. The van der Waals surface area contributed by atoms with E-state index in [1.165, 1.54) is 13.0 Å². The number of carboxylic acid groups (broad SMARTS) is 1. The fourth-order valence-corrected chi connectivity index (χ4v) is 5.13. The fourth-order valence-electron chi connectivity index (χ4n) is 1.42. The summed E-state index contributed by atoms with van der Waals surface area (Å²) in [4.78, 5) is 10.7. The van der Waals surface area contributed by atoms with E-state index < -0.39 is 37.1 Å². The van der Waals surface area contributed by atoms with Crippen LogP contribution in [0.4, 0.5) is 0 Å². The van der Waals surface area contributed by atoms with Gasteiger partial charge < -0.3 is 5.11 Å². The quantitative estimate of drug-likeness (QED) is 0.793. The minimum Gasteiger partial charge on any atom is -0.478 e. The summed E-state index contributed by atoms with van der Waals surface area (Å²) in [5, 5.41) is 9.00. The first-order chi connectivity index (χ1) is 9.09. The van der Waals surface area contributed by atoms with Crippen molar-refractivity contribution < 1.29 is 26.7 Å². The molecule has 1 aromatic rings. The van der Waals surface area contributed by atoms with Gasteiger partial charge in [-0.05, 0) is 18.2 Å². The molecule has 0 fully saturated rings. The molecule has 1 N–H and O–H groups in total. The lowest BCUT2D eigenvalue weighted by Gasteiger charge is -2.08. The van der Waals surface area contributed by atoms with E-state index in [4.69, 9.17) is 5.11 Å². The van der Waals surface area contributed by atoms with E-state index in [0.29, 0.717) is 4.47 Å². The Morgan fingerprint density at radius 3 is 2.30 bits per heavy atom. The van der Waals surface area contributed by atoms with E-state index >= 15 is 0 Å². The van der Waals surface area contributed by atoms with Crippen LogP contribution in [-0.4, -0.2) is 45.2 Å². The largest absolute Gasteiger partial charge is 0.478 e. The maximum Gasteiger partial charge on any atom is 0.337 e. The van der Waals surface area contributed by atoms with Gasteiger partial charge in [0, 0.05) is 10.2 Å². The molecule has 9 heteroatoms. The van der Waals surface area contributed by atoms with Gasteiger partial charge in [-0.2, -0.15) is 0 Å². The fraction of sp³-hybridized carbons (Fsp3) is 0.364. The van der Waals surface area contributed by atoms with Gasteiger partial charge in [0.2, 0.25) is 0 Å². The highest BCUT2D eigenvalue weighted by Gasteiger charge is 2.24. The van der Waals surface area contributed by atoms with Gasteiger partial charge >= 0.3 is 5.97 Å². The van der Waals surface area contributed by atoms with Crippen molar-refractivity contribution >= 4 is 41.6 Å². The van der Waals surface area contributed by atoms with Crippen LogP contribution < -0.4 is 0 Å². The first-order valence-corrected chi connectivity index (χ1v) is 9.82. The number of carbonyl (C=O) groups is 1. The van der Waals surface area contributed by atoms with Crippen LogP contribution in [0, 0.1) is 0 Å². The van der Waals surface area contributed by atoms with Crippen molar-refractivity contribution in [2.75, 3.05) is 17.3 Å². The molecule has 0 heterocycles. The van der Waals surface area contributed by atoms with Gasteiger partial charge in [0.1, 0.15) is 0 Å². The number of sulfone groups is 2. The number of benzene rings is 1. The standard InChI is InChI=1S/C11H13BrO6S2/c1-2-19(15,16)5-6-20(17,18)10-7-8(12)3-4-9(10)11(13)14/h3-4,7H,2,5-6H2,1H3,(H,13,14). The molecule has 1 rings (SSSR count). The third kappa shape index (κ3) is 4.29. The summed E-state index contributed by atoms with van der Waals surface area (Å²) in [5.41, 5.74) is -0.373. The highest BCUT2D eigenvalue weighted by molar-refractivity contribution is 9.10. The zero-order chi connectivity index (χ0) is 15.6. The van der Waals surface area contributed by atoms with Crippen LogP contribution in [0.3, 0.4) is 0 Å². The first kappa shape index (κ1) is 17.1. The summed E-state index contributed by atoms with van der Waals surface area (Å²) < 4.78 is 47.4. The van der Waals surface area contributed by atoms with Crippen molar-refractivity contribution in [3.63, 3.8) is 0 Å². The van der Waals surface area contributed by atoms with Gasteiger partial charge in [-0.1, -0.05) is 22.9 Å². The molecule has 0 aromatic heterocycles. The molecule has 0 aliphatic heterocycles. The molecule has 20 heavy (non-hydrogen) atoms. The summed E-state index contributed by atoms with van der Waals surface area (Å²) in [6, 6.07) is 3.73. The van der Waals surface area contributed by atoms with E-state index in [2.05, 4.69) is 15.9 Å². The number of aromatic carboxylic acids is 1. The van der Waals surface area contributed by atoms with Gasteiger partial charge in [-0.25, -0.2) is 21.6 Å². The second-order valence-corrected chi connectivity index (χ2v) is 9.47. The van der Waals surface area contributed by atoms with Crippen LogP contribution in [-0.2, 0) is 19.7 Å². The van der Waals surface area contributed by atoms with Crippen LogP contribution in [0.2, 0.25) is 0 Å². The Hall–Kier alpha value is -0.930. The maximum atomic E-state index is 12.1. The van der Waals surface area contributed by atoms with Gasteiger partial charge in [0.05, 0.1) is 22.0 Å². The predicted octanol–water partition coefficient (Wildman–Crippen LogP) is 1.36. The Morgan fingerprint density at radius 2 is 1.80 bits per heavy atom. The summed E-state index contributed by atoms with van der Waals surface area (Å²) >= 11 is 3.07. The monoisotopic (exact) mass is 384 g/mol. The van der Waals surface area contributed by atoms with Crippen molar-refractivity contribution in [2.45, 2.75) is 11.8 Å². The van der Waals surface area contributed by atoms with Crippen LogP contribution in [0.5, 0.6) is 0 Å². The number of hydrogen-bond donors (Lipinski definition) is 1. The second-order valence-electron chi connectivity index (χ2n) is 4.00. The molecular weight excluding hydrogens is 372 g/mol. The van der Waals surface area contributed by atoms with Gasteiger partial charge in [0.15, 0.2) is 19.7 Å². The molecule has 0 atom stereocenters. The average Bonchev–Trinajstić information content (AvgIpc) is 2.36. The van der Waals surface area contributed by atoms with Crippen LogP contribution >= 0.6 is 15.9 Å². The van der Waals surface area contributed by atoms with Gasteiger partial charge in [-0.3, -0.25) is 0 Å². The molecule has 0 saturated carbocycles. The predicted molar refractivity (Wildman–Crippen MR) is 77.5 cm³/mol. The lowest BCUT2D eigenvalue weighted by molar-refractivity contribution is 0.0692. The average molecular weight is 385 g/mol. The highest BCUT2D eigenvalue weighted by atomic mass is 79.9. The van der Waals surface area contributed by atoms with Crippen molar-refractivity contribution in [1.29, 1.82) is 0 Å². The van der Waals surface area contributed by atoms with E-state index in [1.807, 2.05) is 0 Å². The number of carboxylic acids is 1. The van der Waals surface area contributed by atoms with Crippen molar-refractivity contribution in [3.05, 3.63) is 28.2 Å². The molecule has 0 aliphatic carbocycles. The molecule has 0 saturated heterocycles. The molecule has 1 aromatic carbocycles. The van der Waals surface area contributed by atoms with Crippen LogP contribution in [0.15, 0.2) is 27.6 Å². The molecule has 0 aliphatic rings. The van der Waals surface area contributed by atoms with E-state index in [0.717, 1.165) is 12.1 Å². The molecule has 0 spiro atoms. The third-order valence-corrected chi connectivity index (χ3v) is 6.82. The minimum atomic E-state index is -3.99. The van der Waals surface area contributed by atoms with E-state index in [9.17, 15) is 21.6 Å². The van der Waals surface area contributed by atoms with Crippen LogP contribution in [0.25, 0.3) is 0 Å². The first-order valence-electron chi connectivity index (χ1n) is 5.55. The molecule has 112 valence electrons. The Morgan fingerprint density at radius 1 is 1.20 bits per heavy atom. The Balaban J connectivity index is 3.22. The number of halogens is 1. The van der Waals surface area contributed by atoms with E-state index in [1.54, 1.807) is 0 Å². The highest BCUT2D eigenvalue weighted by Crippen LogP contribution is 2.22. The molecule has 0 bridgehead atoms. The normalized spacial score (nSPS) is 12.3. The van der Waals surface area contributed by atoms with Crippen LogP contribution in [0.1, 0.15) is 17.3 Å². The third-order valence-electron chi connectivity index (χ3n) is 2.61. The Bertz CT molecular complexity index is 721. The zero-order valence-corrected chi connectivity index (χ0v) is 13.8. The Kier molecular flexibility index (Phi) is 5.33. The summed E-state index contributed by atoms with van der Waals surface area (Å²) in [7, 11) is -7.43. The lowest BCUT2D eigenvalue weighted by atomic mass is 10.2. The number of rotatable bonds is 6. The maximum absolute atomic E-state index is 12.1. The topological polar surface area (TPSA) is 106 Å². The smallest absolute Gasteiger partial charge is 0.337 e. The van der Waals surface area contributed by atoms with Gasteiger partial charge in [-0.15, -0.1) is 0 Å². The molecule has 0 unspecified atom stereocenters. The minimum absolute atomic E-state index is 0.160. The number of hydrogen-bond acceptors (Lipinski definition) is 5. The molecular formula is C11H13BrO6S2. The van der Waals surface area contributed by atoms with Crippen molar-refractivity contribution in [2.24, 2.45) is 0 Å².